The molecule has 0 unspecified atom stereocenters. The van der Waals surface area contributed by atoms with Crippen LogP contribution in [0.25, 0.3) is 0 Å². The molecule has 192 valence electrons. The molecule has 0 saturated carbocycles. The average molecular weight is 488 g/mol. The summed E-state index contributed by atoms with van der Waals surface area (Å²) < 4.78 is 19.8. The van der Waals surface area contributed by atoms with E-state index < -0.39 is 61.1 Å². The fraction of sp³-hybridized carbons (Fsp3) is 0.455. The van der Waals surface area contributed by atoms with Crippen molar-refractivity contribution in [1.29, 1.82) is 0 Å². The lowest BCUT2D eigenvalue weighted by Gasteiger charge is -2.31. The zero-order valence-corrected chi connectivity index (χ0v) is 18.8. The van der Waals surface area contributed by atoms with Crippen molar-refractivity contribution in [3.63, 3.8) is 0 Å². The Labute approximate surface area is 197 Å². The van der Waals surface area contributed by atoms with Gasteiger partial charge in [0.25, 0.3) is 0 Å². The summed E-state index contributed by atoms with van der Waals surface area (Å²) >= 11 is 0. The molecular formula is C22H32O12. The number of hydrogen-bond donors (Lipinski definition) is 4. The Hall–Kier alpha value is -3.32. The highest BCUT2D eigenvalue weighted by Gasteiger charge is 2.37. The molecule has 12 nitrogen and oxygen atoms in total. The second-order valence-electron chi connectivity index (χ2n) is 6.88. The van der Waals surface area contributed by atoms with E-state index in [-0.39, 0.29) is 26.4 Å². The summed E-state index contributed by atoms with van der Waals surface area (Å²) in [5.74, 6) is -3.04. The van der Waals surface area contributed by atoms with Crippen LogP contribution in [0.3, 0.4) is 0 Å². The number of carbonyl (C=O) groups excluding carboxylic acids is 4. The lowest BCUT2D eigenvalue weighted by molar-refractivity contribution is -0.164. The molecule has 0 aliphatic rings. The standard InChI is InChI=1S/C17H20O8.C5H12O4/c1-5-13(18)22-9-17(10-23-14(19)6-2,11-24-15(20)7-3)12-25-16(21)8-4;6-1-5(2-7,3-8)4-9/h5-8H,1-4,9-12H2;6-9H,1-4H2. The van der Waals surface area contributed by atoms with E-state index in [4.69, 9.17) is 39.4 Å². The Morgan fingerprint density at radius 1 is 0.500 bits per heavy atom. The van der Waals surface area contributed by atoms with E-state index >= 15 is 0 Å². The maximum absolute atomic E-state index is 11.3. The van der Waals surface area contributed by atoms with E-state index in [1.807, 2.05) is 0 Å². The maximum atomic E-state index is 11.3. The van der Waals surface area contributed by atoms with Crippen molar-refractivity contribution in [3.05, 3.63) is 50.6 Å². The largest absolute Gasteiger partial charge is 0.462 e. The summed E-state index contributed by atoms with van der Waals surface area (Å²) in [5.41, 5.74) is -2.45. The molecule has 0 aromatic carbocycles. The van der Waals surface area contributed by atoms with Gasteiger partial charge in [-0.3, -0.25) is 0 Å². The molecule has 4 N–H and O–H groups in total. The molecule has 0 rings (SSSR count). The van der Waals surface area contributed by atoms with E-state index in [1.165, 1.54) is 0 Å². The van der Waals surface area contributed by atoms with Crippen molar-refractivity contribution in [3.8, 4) is 0 Å². The molecule has 0 aromatic rings. The topological polar surface area (TPSA) is 186 Å². The summed E-state index contributed by atoms with van der Waals surface area (Å²) in [5, 5.41) is 34.0. The van der Waals surface area contributed by atoms with Gasteiger partial charge < -0.3 is 39.4 Å². The van der Waals surface area contributed by atoms with Crippen molar-refractivity contribution >= 4 is 23.9 Å². The van der Waals surface area contributed by atoms with Crippen LogP contribution in [-0.2, 0) is 38.1 Å². The summed E-state index contributed by atoms with van der Waals surface area (Å²) in [6.07, 6.45) is 3.69. The van der Waals surface area contributed by atoms with Crippen LogP contribution in [0.2, 0.25) is 0 Å². The highest BCUT2D eigenvalue weighted by Crippen LogP contribution is 2.21. The van der Waals surface area contributed by atoms with Gasteiger partial charge in [0.1, 0.15) is 31.8 Å². The Morgan fingerprint density at radius 3 is 0.824 bits per heavy atom. The molecule has 0 aliphatic heterocycles. The van der Waals surface area contributed by atoms with Gasteiger partial charge in [0, 0.05) is 24.3 Å². The van der Waals surface area contributed by atoms with E-state index in [9.17, 15) is 19.2 Å². The Morgan fingerprint density at radius 2 is 0.706 bits per heavy atom. The van der Waals surface area contributed by atoms with Gasteiger partial charge in [-0.05, 0) is 0 Å². The van der Waals surface area contributed by atoms with Crippen LogP contribution in [0.5, 0.6) is 0 Å². The first kappa shape index (κ1) is 32.9. The molecule has 34 heavy (non-hydrogen) atoms. The van der Waals surface area contributed by atoms with E-state index in [0.29, 0.717) is 0 Å². The van der Waals surface area contributed by atoms with Gasteiger partial charge in [-0.25, -0.2) is 19.2 Å². The van der Waals surface area contributed by atoms with Gasteiger partial charge in [-0.2, -0.15) is 0 Å². The highest BCUT2D eigenvalue weighted by atomic mass is 16.6. The fourth-order valence-corrected chi connectivity index (χ4v) is 1.68. The van der Waals surface area contributed by atoms with Crippen LogP contribution >= 0.6 is 0 Å². The highest BCUT2D eigenvalue weighted by molar-refractivity contribution is 5.82. The molecule has 0 saturated heterocycles. The smallest absolute Gasteiger partial charge is 0.330 e. The lowest BCUT2D eigenvalue weighted by atomic mass is 9.92. The predicted molar refractivity (Wildman–Crippen MR) is 118 cm³/mol. The first-order valence-electron chi connectivity index (χ1n) is 9.67. The number of ether oxygens (including phenoxy) is 4. The fourth-order valence-electron chi connectivity index (χ4n) is 1.68. The third-order valence-corrected chi connectivity index (χ3v) is 4.09. The molecule has 0 bridgehead atoms. The second-order valence-corrected chi connectivity index (χ2v) is 6.88. The Balaban J connectivity index is 0. The van der Waals surface area contributed by atoms with Gasteiger partial charge in [-0.1, -0.05) is 26.3 Å². The van der Waals surface area contributed by atoms with Crippen LogP contribution in [-0.4, -0.2) is 97.2 Å². The molecule has 0 heterocycles. The van der Waals surface area contributed by atoms with Gasteiger partial charge in [0.2, 0.25) is 0 Å². The minimum atomic E-state index is -1.34. The van der Waals surface area contributed by atoms with Gasteiger partial charge in [-0.15, -0.1) is 0 Å². The van der Waals surface area contributed by atoms with E-state index in [0.717, 1.165) is 24.3 Å². The van der Waals surface area contributed by atoms with Crippen molar-refractivity contribution in [2.45, 2.75) is 0 Å². The van der Waals surface area contributed by atoms with Crippen LogP contribution < -0.4 is 0 Å². The minimum absolute atomic E-state index is 0.378. The first-order chi connectivity index (χ1) is 16.1. The first-order valence-corrected chi connectivity index (χ1v) is 9.67. The summed E-state index contributed by atoms with van der Waals surface area (Å²) in [6.45, 7) is 9.88. The minimum Gasteiger partial charge on any atom is -0.462 e. The van der Waals surface area contributed by atoms with E-state index in [1.54, 1.807) is 0 Å². The van der Waals surface area contributed by atoms with E-state index in [2.05, 4.69) is 26.3 Å². The van der Waals surface area contributed by atoms with Crippen LogP contribution in [0.1, 0.15) is 0 Å². The predicted octanol–water partition coefficient (Wildman–Crippen LogP) is -1.17. The second kappa shape index (κ2) is 18.1. The van der Waals surface area contributed by atoms with Crippen LogP contribution in [0.4, 0.5) is 0 Å². The lowest BCUT2D eigenvalue weighted by Crippen LogP contribution is -2.43. The summed E-state index contributed by atoms with van der Waals surface area (Å²) in [7, 11) is 0. The van der Waals surface area contributed by atoms with Crippen molar-refractivity contribution in [1.82, 2.24) is 0 Å². The average Bonchev–Trinajstić information content (AvgIpc) is 2.88. The van der Waals surface area contributed by atoms with Crippen molar-refractivity contribution < 1.29 is 58.6 Å². The monoisotopic (exact) mass is 488 g/mol. The Bertz CT molecular complexity index is 590. The third kappa shape index (κ3) is 13.3. The third-order valence-electron chi connectivity index (χ3n) is 4.09. The Kier molecular flexibility index (Phi) is 17.5. The molecule has 12 heteroatoms. The number of carbonyl (C=O) groups is 4. The molecule has 0 amide bonds. The van der Waals surface area contributed by atoms with Gasteiger partial charge >= 0.3 is 23.9 Å². The maximum Gasteiger partial charge on any atom is 0.330 e. The van der Waals surface area contributed by atoms with Gasteiger partial charge in [0.15, 0.2) is 0 Å². The van der Waals surface area contributed by atoms with Crippen molar-refractivity contribution in [2.75, 3.05) is 52.9 Å². The molecule has 0 spiro atoms. The molecule has 0 radical (unpaired) electrons. The summed E-state index contributed by atoms with van der Waals surface area (Å²) in [4.78, 5) is 45.3. The molecule has 0 atom stereocenters. The zero-order valence-electron chi connectivity index (χ0n) is 18.8. The number of rotatable bonds is 16. The normalized spacial score (nSPS) is 10.5. The summed E-state index contributed by atoms with van der Waals surface area (Å²) in [6, 6.07) is 0. The zero-order chi connectivity index (χ0) is 26.6. The van der Waals surface area contributed by atoms with Crippen LogP contribution in [0, 0.1) is 10.8 Å². The molecular weight excluding hydrogens is 456 g/mol. The van der Waals surface area contributed by atoms with Gasteiger partial charge in [0.05, 0.1) is 31.8 Å². The number of aliphatic hydroxyl groups excluding tert-OH is 4. The number of hydrogen-bond acceptors (Lipinski definition) is 12. The number of aliphatic hydroxyl groups is 4. The molecule has 0 aromatic heterocycles. The van der Waals surface area contributed by atoms with Crippen molar-refractivity contribution in [2.24, 2.45) is 10.8 Å². The SMILES string of the molecule is C=CC(=O)OCC(COC(=O)C=C)(COC(=O)C=C)COC(=O)C=C.OCC(CO)(CO)CO. The molecule has 0 aliphatic carbocycles. The quantitative estimate of drug-likeness (QED) is 0.116. The number of esters is 4. The molecule has 0 fully saturated rings. The van der Waals surface area contributed by atoms with Crippen LogP contribution in [0.15, 0.2) is 50.6 Å².